The van der Waals surface area contributed by atoms with Gasteiger partial charge in [0.15, 0.2) is 0 Å². The summed E-state index contributed by atoms with van der Waals surface area (Å²) in [6.07, 6.45) is 6.89. The maximum atomic E-state index is 2.58. The third-order valence-corrected chi connectivity index (χ3v) is 12.8. The molecule has 0 nitrogen and oxygen atoms in total. The van der Waals surface area contributed by atoms with Crippen LogP contribution in [0.15, 0.2) is 164 Å². The molecule has 1 aliphatic rings. The SMILES string of the molecule is CCCc1ccc(-c2c3ccccc3c(-c3c4ccccc4c(-c4ccc5c(c4)C(CCC)(CCC)c4ccccc4-5)c4ccccc34)c3ccccc23)cc1. The lowest BCUT2D eigenvalue weighted by Crippen LogP contribution is -2.25. The third-order valence-electron chi connectivity index (χ3n) is 12.8. The van der Waals surface area contributed by atoms with E-state index >= 15 is 0 Å². The van der Waals surface area contributed by atoms with E-state index in [-0.39, 0.29) is 5.41 Å². The highest BCUT2D eigenvalue weighted by Gasteiger charge is 2.41. The molecule has 1 aliphatic carbocycles. The van der Waals surface area contributed by atoms with Crippen LogP contribution in [0.25, 0.3) is 87.6 Å². The molecule has 0 unspecified atom stereocenters. The summed E-state index contributed by atoms with van der Waals surface area (Å²) in [4.78, 5) is 0. The van der Waals surface area contributed by atoms with Crippen LogP contribution in [0, 0.1) is 0 Å². The summed E-state index contributed by atoms with van der Waals surface area (Å²) in [6, 6.07) is 62.6. The molecule has 0 saturated carbocycles. The van der Waals surface area contributed by atoms with Crippen LogP contribution in [0.2, 0.25) is 0 Å². The Balaban J connectivity index is 1.28. The Bertz CT molecular complexity index is 2820. The van der Waals surface area contributed by atoms with Gasteiger partial charge in [0.1, 0.15) is 0 Å². The van der Waals surface area contributed by atoms with Crippen molar-refractivity contribution in [2.45, 2.75) is 64.7 Å². The largest absolute Gasteiger partial charge is 0.0653 e. The van der Waals surface area contributed by atoms with Crippen LogP contribution in [-0.2, 0) is 11.8 Å². The summed E-state index contributed by atoms with van der Waals surface area (Å²) in [7, 11) is 0. The molecule has 56 heavy (non-hydrogen) atoms. The first-order valence-corrected chi connectivity index (χ1v) is 20.9. The zero-order valence-electron chi connectivity index (χ0n) is 32.8. The fourth-order valence-electron chi connectivity index (χ4n) is 10.7. The zero-order chi connectivity index (χ0) is 37.8. The maximum absolute atomic E-state index is 2.58. The molecule has 272 valence electrons. The van der Waals surface area contributed by atoms with E-state index in [9.17, 15) is 0 Å². The fraction of sp³-hybridized carbons (Fsp3) is 0.179. The molecule has 9 aromatic carbocycles. The molecule has 0 fully saturated rings. The predicted molar refractivity (Wildman–Crippen MR) is 243 cm³/mol. The topological polar surface area (TPSA) is 0 Å². The second-order valence-corrected chi connectivity index (χ2v) is 16.0. The number of rotatable bonds is 9. The Morgan fingerprint density at radius 3 is 1.20 bits per heavy atom. The summed E-state index contributed by atoms with van der Waals surface area (Å²) in [5.74, 6) is 0. The molecule has 0 saturated heterocycles. The first-order valence-electron chi connectivity index (χ1n) is 20.9. The molecule has 0 heteroatoms. The van der Waals surface area contributed by atoms with Crippen molar-refractivity contribution in [2.24, 2.45) is 0 Å². The van der Waals surface area contributed by atoms with Gasteiger partial charge in [-0.25, -0.2) is 0 Å². The first-order chi connectivity index (χ1) is 27.7. The maximum Gasteiger partial charge on any atom is 0.0215 e. The molecule has 0 radical (unpaired) electrons. The second kappa shape index (κ2) is 13.9. The van der Waals surface area contributed by atoms with E-state index in [1.54, 1.807) is 0 Å². The van der Waals surface area contributed by atoms with Crippen molar-refractivity contribution in [2.75, 3.05) is 0 Å². The van der Waals surface area contributed by atoms with Gasteiger partial charge in [-0.05, 0) is 130 Å². The number of aryl methyl sites for hydroxylation is 1. The minimum absolute atomic E-state index is 0.0346. The van der Waals surface area contributed by atoms with Gasteiger partial charge in [-0.3, -0.25) is 0 Å². The average molecular weight is 721 g/mol. The molecule has 0 atom stereocenters. The lowest BCUT2D eigenvalue weighted by molar-refractivity contribution is 0.436. The van der Waals surface area contributed by atoms with E-state index in [1.807, 2.05) is 0 Å². The number of hydrogen-bond donors (Lipinski definition) is 0. The Morgan fingerprint density at radius 2 is 0.732 bits per heavy atom. The van der Waals surface area contributed by atoms with Gasteiger partial charge in [-0.1, -0.05) is 198 Å². The number of hydrogen-bond acceptors (Lipinski definition) is 0. The van der Waals surface area contributed by atoms with Crippen molar-refractivity contribution in [1.82, 2.24) is 0 Å². The molecule has 0 heterocycles. The normalized spacial score (nSPS) is 13.1. The summed E-state index contributed by atoms with van der Waals surface area (Å²) >= 11 is 0. The molecule has 10 rings (SSSR count). The van der Waals surface area contributed by atoms with Crippen LogP contribution in [0.4, 0.5) is 0 Å². The van der Waals surface area contributed by atoms with E-state index in [4.69, 9.17) is 0 Å². The van der Waals surface area contributed by atoms with Gasteiger partial charge in [0.05, 0.1) is 0 Å². The zero-order valence-corrected chi connectivity index (χ0v) is 32.8. The lowest BCUT2D eigenvalue weighted by atomic mass is 9.71. The van der Waals surface area contributed by atoms with Gasteiger partial charge in [0, 0.05) is 5.41 Å². The van der Waals surface area contributed by atoms with Gasteiger partial charge in [-0.15, -0.1) is 0 Å². The van der Waals surface area contributed by atoms with Crippen LogP contribution in [0.1, 0.15) is 69.6 Å². The summed E-state index contributed by atoms with van der Waals surface area (Å²) in [5, 5.41) is 10.4. The highest BCUT2D eigenvalue weighted by atomic mass is 14.4. The third kappa shape index (κ3) is 5.19. The lowest BCUT2D eigenvalue weighted by Gasteiger charge is -2.32. The van der Waals surface area contributed by atoms with Crippen LogP contribution in [0.3, 0.4) is 0 Å². The van der Waals surface area contributed by atoms with Gasteiger partial charge in [-0.2, -0.15) is 0 Å². The molecule has 9 aromatic rings. The van der Waals surface area contributed by atoms with Gasteiger partial charge in [0.25, 0.3) is 0 Å². The van der Waals surface area contributed by atoms with E-state index in [0.29, 0.717) is 0 Å². The fourth-order valence-corrected chi connectivity index (χ4v) is 10.7. The van der Waals surface area contributed by atoms with E-state index in [2.05, 4.69) is 185 Å². The molecule has 0 bridgehead atoms. The second-order valence-electron chi connectivity index (χ2n) is 16.0. The van der Waals surface area contributed by atoms with Gasteiger partial charge in [0.2, 0.25) is 0 Å². The Kier molecular flexibility index (Phi) is 8.59. The van der Waals surface area contributed by atoms with Crippen LogP contribution < -0.4 is 0 Å². The standard InChI is InChI=1S/C56H48/c1-4-17-37-28-30-38(31-29-37)52-42-19-7-11-23-46(42)54(47-24-12-8-20-43(47)52)55-48-25-13-9-21-44(48)53(45-22-10-14-26-49(45)55)39-32-33-41-40-18-15-16-27-50(40)56(34-5-2,35-6-3)51(41)36-39/h7-16,18-33,36H,4-6,17,34-35H2,1-3H3. The van der Waals surface area contributed by atoms with Crippen LogP contribution in [-0.4, -0.2) is 0 Å². The molecule has 0 N–H and O–H groups in total. The number of benzene rings is 9. The smallest absolute Gasteiger partial charge is 0.0215 e. The van der Waals surface area contributed by atoms with Crippen LogP contribution >= 0.6 is 0 Å². The molecule has 0 aliphatic heterocycles. The minimum atomic E-state index is 0.0346. The molecule has 0 spiro atoms. The summed E-state index contributed by atoms with van der Waals surface area (Å²) < 4.78 is 0. The molecular weight excluding hydrogens is 673 g/mol. The van der Waals surface area contributed by atoms with Crippen molar-refractivity contribution in [1.29, 1.82) is 0 Å². The van der Waals surface area contributed by atoms with E-state index < -0.39 is 0 Å². The summed E-state index contributed by atoms with van der Waals surface area (Å²) in [5.41, 5.74) is 15.1. The van der Waals surface area contributed by atoms with E-state index in [0.717, 1.165) is 38.5 Å². The Morgan fingerprint density at radius 1 is 0.339 bits per heavy atom. The first kappa shape index (κ1) is 34.5. The van der Waals surface area contributed by atoms with Crippen molar-refractivity contribution < 1.29 is 0 Å². The molecular formula is C56H48. The average Bonchev–Trinajstić information content (AvgIpc) is 3.51. The summed E-state index contributed by atoms with van der Waals surface area (Å²) in [6.45, 7) is 6.96. The predicted octanol–water partition coefficient (Wildman–Crippen LogP) is 16.1. The number of fused-ring (bicyclic) bond motifs is 7. The van der Waals surface area contributed by atoms with Gasteiger partial charge >= 0.3 is 0 Å². The van der Waals surface area contributed by atoms with Crippen LogP contribution in [0.5, 0.6) is 0 Å². The molecule has 0 aromatic heterocycles. The Labute approximate surface area is 331 Å². The highest BCUT2D eigenvalue weighted by molar-refractivity contribution is 6.30. The van der Waals surface area contributed by atoms with Crippen molar-refractivity contribution in [3.63, 3.8) is 0 Å². The highest BCUT2D eigenvalue weighted by Crippen LogP contribution is 2.56. The minimum Gasteiger partial charge on any atom is -0.0653 e. The Hall–Kier alpha value is -5.98. The van der Waals surface area contributed by atoms with Crippen molar-refractivity contribution in [3.05, 3.63) is 180 Å². The quantitative estimate of drug-likeness (QED) is 0.130. The monoisotopic (exact) mass is 720 g/mol. The van der Waals surface area contributed by atoms with Gasteiger partial charge < -0.3 is 0 Å². The molecule has 0 amide bonds. The van der Waals surface area contributed by atoms with Crippen molar-refractivity contribution in [3.8, 4) is 44.5 Å². The van der Waals surface area contributed by atoms with E-state index in [1.165, 1.54) is 104 Å². The van der Waals surface area contributed by atoms with Crippen molar-refractivity contribution >= 4 is 43.1 Å².